The molecule has 0 atom stereocenters. The third-order valence-corrected chi connectivity index (χ3v) is 3.67. The molecule has 0 fully saturated rings. The molecule has 5 heteroatoms. The number of methoxy groups -OCH3 is 1. The van der Waals surface area contributed by atoms with Crippen LogP contribution in [0.25, 0.3) is 0 Å². The van der Waals surface area contributed by atoms with Crippen LogP contribution in [0, 0.1) is 5.82 Å². The number of aryl methyl sites for hydroxylation is 1. The normalized spacial score (nSPS) is 11.5. The molecule has 2 rings (SSSR count). The number of halogens is 1. The van der Waals surface area contributed by atoms with Crippen LogP contribution in [-0.4, -0.2) is 22.7 Å². The number of ketones is 1. The number of hydrogen-bond donors (Lipinski definition) is 0. The second-order valence-corrected chi connectivity index (χ2v) is 5.34. The molecule has 0 aliphatic rings. The van der Waals surface area contributed by atoms with Gasteiger partial charge in [0, 0.05) is 6.54 Å². The van der Waals surface area contributed by atoms with Crippen LogP contribution in [0.2, 0.25) is 0 Å². The van der Waals surface area contributed by atoms with Gasteiger partial charge in [-0.05, 0) is 38.5 Å². The van der Waals surface area contributed by atoms with Crippen molar-refractivity contribution < 1.29 is 13.9 Å². The third kappa shape index (κ3) is 2.68. The summed E-state index contributed by atoms with van der Waals surface area (Å²) in [4.78, 5) is 12.9. The highest BCUT2D eigenvalue weighted by molar-refractivity contribution is 6.04. The molecule has 0 aliphatic heterocycles. The van der Waals surface area contributed by atoms with Crippen molar-refractivity contribution in [3.63, 3.8) is 0 Å². The first-order valence-corrected chi connectivity index (χ1v) is 6.82. The third-order valence-electron chi connectivity index (χ3n) is 3.67. The molecule has 4 nitrogen and oxygen atoms in total. The van der Waals surface area contributed by atoms with E-state index >= 15 is 0 Å². The van der Waals surface area contributed by atoms with Crippen LogP contribution in [0.15, 0.2) is 30.5 Å². The van der Waals surface area contributed by atoms with Crippen molar-refractivity contribution in [2.24, 2.45) is 0 Å². The first kappa shape index (κ1) is 15.2. The minimum absolute atomic E-state index is 0.106. The maximum Gasteiger partial charge on any atom is 0.194 e. The van der Waals surface area contributed by atoms with Crippen molar-refractivity contribution in [1.82, 2.24) is 9.78 Å². The van der Waals surface area contributed by atoms with Gasteiger partial charge >= 0.3 is 0 Å². The van der Waals surface area contributed by atoms with Gasteiger partial charge < -0.3 is 4.74 Å². The van der Waals surface area contributed by atoms with Gasteiger partial charge in [0.2, 0.25) is 0 Å². The van der Waals surface area contributed by atoms with Gasteiger partial charge in [0.05, 0.1) is 18.7 Å². The van der Waals surface area contributed by atoms with Gasteiger partial charge in [0.25, 0.3) is 0 Å². The van der Waals surface area contributed by atoms with E-state index in [1.165, 1.54) is 25.4 Å². The van der Waals surface area contributed by atoms with Gasteiger partial charge in [-0.1, -0.05) is 12.1 Å². The molecule has 0 unspecified atom stereocenters. The molecule has 2 aromatic rings. The van der Waals surface area contributed by atoms with Gasteiger partial charge in [-0.15, -0.1) is 0 Å². The predicted molar refractivity (Wildman–Crippen MR) is 78.2 cm³/mol. The molecule has 0 saturated heterocycles. The van der Waals surface area contributed by atoms with E-state index in [0.29, 0.717) is 18.0 Å². The highest BCUT2D eigenvalue weighted by Crippen LogP contribution is 2.31. The van der Waals surface area contributed by atoms with E-state index in [0.717, 1.165) is 5.56 Å². The van der Waals surface area contributed by atoms with Crippen LogP contribution in [0.4, 0.5) is 4.39 Å². The van der Waals surface area contributed by atoms with Gasteiger partial charge in [-0.25, -0.2) is 4.39 Å². The van der Waals surface area contributed by atoms with Crippen LogP contribution in [0.3, 0.4) is 0 Å². The molecule has 0 amide bonds. The number of hydrogen-bond acceptors (Lipinski definition) is 3. The van der Waals surface area contributed by atoms with E-state index in [1.54, 1.807) is 16.8 Å². The minimum atomic E-state index is -0.798. The fourth-order valence-corrected chi connectivity index (χ4v) is 2.28. The van der Waals surface area contributed by atoms with E-state index in [1.807, 2.05) is 20.8 Å². The summed E-state index contributed by atoms with van der Waals surface area (Å²) in [7, 11) is 1.51. The Morgan fingerprint density at radius 2 is 1.95 bits per heavy atom. The number of rotatable bonds is 5. The fourth-order valence-electron chi connectivity index (χ4n) is 2.28. The Labute approximate surface area is 123 Å². The average Bonchev–Trinajstić information content (AvgIpc) is 2.89. The Morgan fingerprint density at radius 1 is 1.33 bits per heavy atom. The van der Waals surface area contributed by atoms with Crippen molar-refractivity contribution in [3.05, 3.63) is 47.5 Å². The van der Waals surface area contributed by atoms with Crippen molar-refractivity contribution in [2.75, 3.05) is 7.11 Å². The second-order valence-electron chi connectivity index (χ2n) is 5.34. The van der Waals surface area contributed by atoms with Crippen molar-refractivity contribution in [2.45, 2.75) is 32.7 Å². The van der Waals surface area contributed by atoms with Gasteiger partial charge in [0.15, 0.2) is 11.5 Å². The summed E-state index contributed by atoms with van der Waals surface area (Å²) in [5, 5.41) is 4.16. The lowest BCUT2D eigenvalue weighted by Gasteiger charge is -2.24. The summed E-state index contributed by atoms with van der Waals surface area (Å²) >= 11 is 0. The largest absolute Gasteiger partial charge is 0.493 e. The summed E-state index contributed by atoms with van der Waals surface area (Å²) in [5.74, 6) is 0.0283. The lowest BCUT2D eigenvalue weighted by molar-refractivity contribution is 0.0894. The number of benzene rings is 1. The Hall–Kier alpha value is -2.17. The Balaban J connectivity index is 2.47. The predicted octanol–water partition coefficient (Wildman–Crippen LogP) is 3.21. The molecule has 1 aromatic heterocycles. The van der Waals surface area contributed by atoms with Gasteiger partial charge in [0.1, 0.15) is 11.5 Å². The first-order chi connectivity index (χ1) is 9.91. The first-order valence-electron chi connectivity index (χ1n) is 6.82. The maximum absolute atomic E-state index is 13.1. The van der Waals surface area contributed by atoms with E-state index in [2.05, 4.69) is 5.10 Å². The second kappa shape index (κ2) is 5.68. The molecule has 1 aromatic carbocycles. The molecule has 0 radical (unpaired) electrons. The van der Waals surface area contributed by atoms with E-state index < -0.39 is 5.41 Å². The molecule has 21 heavy (non-hydrogen) atoms. The van der Waals surface area contributed by atoms with Crippen LogP contribution < -0.4 is 4.74 Å². The quantitative estimate of drug-likeness (QED) is 0.794. The molecule has 112 valence electrons. The van der Waals surface area contributed by atoms with Crippen molar-refractivity contribution in [1.29, 1.82) is 0 Å². The standard InChI is InChI=1S/C16H19FN2O2/c1-5-19-14(13(21-4)10-18-19)15(20)16(2,3)11-6-8-12(17)9-7-11/h6-10H,5H2,1-4H3. The fraction of sp³-hybridized carbons (Fsp3) is 0.375. The number of carbonyl (C=O) groups excluding carboxylic acids is 1. The Morgan fingerprint density at radius 3 is 2.48 bits per heavy atom. The van der Waals surface area contributed by atoms with E-state index in [-0.39, 0.29) is 11.6 Å². The number of aromatic nitrogens is 2. The van der Waals surface area contributed by atoms with Crippen molar-refractivity contribution >= 4 is 5.78 Å². The monoisotopic (exact) mass is 290 g/mol. The van der Waals surface area contributed by atoms with Crippen molar-refractivity contribution in [3.8, 4) is 5.75 Å². The van der Waals surface area contributed by atoms with Crippen LogP contribution >= 0.6 is 0 Å². The summed E-state index contributed by atoms with van der Waals surface area (Å²) in [5.41, 5.74) is 0.391. The molecular formula is C16H19FN2O2. The summed E-state index contributed by atoms with van der Waals surface area (Å²) in [6.07, 6.45) is 1.54. The van der Waals surface area contributed by atoms with Gasteiger partial charge in [-0.2, -0.15) is 5.10 Å². The molecule has 0 spiro atoms. The minimum Gasteiger partial charge on any atom is -0.493 e. The molecule has 1 heterocycles. The lowest BCUT2D eigenvalue weighted by atomic mass is 9.79. The van der Waals surface area contributed by atoms with Crippen LogP contribution in [0.5, 0.6) is 5.75 Å². The zero-order valence-corrected chi connectivity index (χ0v) is 12.7. The van der Waals surface area contributed by atoms with E-state index in [9.17, 15) is 9.18 Å². The molecule has 0 saturated carbocycles. The van der Waals surface area contributed by atoms with Gasteiger partial charge in [-0.3, -0.25) is 9.48 Å². The molecular weight excluding hydrogens is 271 g/mol. The Bertz CT molecular complexity index is 623. The molecule has 0 N–H and O–H groups in total. The summed E-state index contributed by atoms with van der Waals surface area (Å²) < 4.78 is 19.9. The topological polar surface area (TPSA) is 44.1 Å². The molecule has 0 aliphatic carbocycles. The summed E-state index contributed by atoms with van der Waals surface area (Å²) in [6.45, 7) is 6.11. The number of Topliss-reactive ketones (excluding diaryl/α,β-unsaturated/α-hetero) is 1. The van der Waals surface area contributed by atoms with Crippen LogP contribution in [0.1, 0.15) is 36.8 Å². The lowest BCUT2D eigenvalue weighted by Crippen LogP contribution is -2.31. The molecule has 0 bridgehead atoms. The van der Waals surface area contributed by atoms with Crippen LogP contribution in [-0.2, 0) is 12.0 Å². The zero-order valence-electron chi connectivity index (χ0n) is 12.7. The highest BCUT2D eigenvalue weighted by atomic mass is 19.1. The number of ether oxygens (including phenoxy) is 1. The SMILES string of the molecule is CCn1ncc(OC)c1C(=O)C(C)(C)c1ccc(F)cc1. The smallest absolute Gasteiger partial charge is 0.194 e. The Kier molecular flexibility index (Phi) is 4.11. The number of nitrogens with zero attached hydrogens (tertiary/aromatic N) is 2. The number of carbonyl (C=O) groups is 1. The summed E-state index contributed by atoms with van der Waals surface area (Å²) in [6, 6.07) is 5.98. The van der Waals surface area contributed by atoms with E-state index in [4.69, 9.17) is 4.74 Å². The zero-order chi connectivity index (χ0) is 15.6. The highest BCUT2D eigenvalue weighted by Gasteiger charge is 2.35. The maximum atomic E-state index is 13.1. The average molecular weight is 290 g/mol.